The van der Waals surface area contributed by atoms with Crippen LogP contribution in [0.2, 0.25) is 0 Å². The molecule has 0 saturated heterocycles. The summed E-state index contributed by atoms with van der Waals surface area (Å²) in [4.78, 5) is 4.74. The van der Waals surface area contributed by atoms with Crippen molar-refractivity contribution in [3.63, 3.8) is 0 Å². The summed E-state index contributed by atoms with van der Waals surface area (Å²) in [6.07, 6.45) is 2.04. The van der Waals surface area contributed by atoms with Gasteiger partial charge in [-0.05, 0) is 23.6 Å². The monoisotopic (exact) mass is 308 g/mol. The first kappa shape index (κ1) is 16.6. The van der Waals surface area contributed by atoms with E-state index in [-0.39, 0.29) is 5.71 Å². The molecule has 0 atom stereocenters. The molecule has 0 aliphatic carbocycles. The largest absolute Gasteiger partial charge is 0.489 e. The lowest BCUT2D eigenvalue weighted by molar-refractivity contribution is 0.214. The Hall–Kier alpha value is -2.80. The number of ether oxygens (including phenoxy) is 1. The number of hydrogen-bond acceptors (Lipinski definition) is 4. The summed E-state index contributed by atoms with van der Waals surface area (Å²) < 4.78 is 5.98. The lowest BCUT2D eigenvalue weighted by atomic mass is 10.0. The first-order chi connectivity index (χ1) is 11.3. The SMILES string of the molecule is CCCc1ccccc1OCc1ccccc1C(C#N)=NOC. The molecule has 0 aromatic heterocycles. The summed E-state index contributed by atoms with van der Waals surface area (Å²) in [5, 5.41) is 13.0. The van der Waals surface area contributed by atoms with E-state index in [1.807, 2.05) is 42.5 Å². The Bertz CT molecular complexity index is 717. The Morgan fingerprint density at radius 3 is 2.48 bits per heavy atom. The fraction of sp³-hybridized carbons (Fsp3) is 0.263. The number of hydrogen-bond donors (Lipinski definition) is 0. The minimum atomic E-state index is 0.244. The average molecular weight is 308 g/mol. The van der Waals surface area contributed by atoms with Gasteiger partial charge < -0.3 is 9.57 Å². The number of para-hydroxylation sites is 1. The number of oxime groups is 1. The van der Waals surface area contributed by atoms with E-state index in [2.05, 4.69) is 24.2 Å². The smallest absolute Gasteiger partial charge is 0.187 e. The average Bonchev–Trinajstić information content (AvgIpc) is 2.59. The quantitative estimate of drug-likeness (QED) is 0.572. The van der Waals surface area contributed by atoms with Crippen LogP contribution in [-0.2, 0) is 17.9 Å². The molecule has 2 aromatic carbocycles. The van der Waals surface area contributed by atoms with Gasteiger partial charge in [-0.3, -0.25) is 0 Å². The van der Waals surface area contributed by atoms with Crippen molar-refractivity contribution < 1.29 is 9.57 Å². The van der Waals surface area contributed by atoms with Crippen LogP contribution in [0.15, 0.2) is 53.7 Å². The third-order valence-electron chi connectivity index (χ3n) is 3.44. The van der Waals surface area contributed by atoms with Crippen molar-refractivity contribution in [1.29, 1.82) is 5.26 Å². The van der Waals surface area contributed by atoms with E-state index in [1.54, 1.807) is 0 Å². The molecule has 0 saturated carbocycles. The molecule has 118 valence electrons. The normalized spacial score (nSPS) is 10.9. The highest BCUT2D eigenvalue weighted by Gasteiger charge is 2.11. The van der Waals surface area contributed by atoms with E-state index in [0.29, 0.717) is 6.61 Å². The number of rotatable bonds is 7. The number of benzene rings is 2. The van der Waals surface area contributed by atoms with Crippen LogP contribution in [0.25, 0.3) is 0 Å². The van der Waals surface area contributed by atoms with Gasteiger partial charge in [-0.1, -0.05) is 61.0 Å². The molecule has 4 nitrogen and oxygen atoms in total. The van der Waals surface area contributed by atoms with E-state index in [0.717, 1.165) is 29.7 Å². The lowest BCUT2D eigenvalue weighted by Gasteiger charge is -2.13. The maximum Gasteiger partial charge on any atom is 0.187 e. The molecule has 0 aliphatic heterocycles. The van der Waals surface area contributed by atoms with E-state index < -0.39 is 0 Å². The van der Waals surface area contributed by atoms with Gasteiger partial charge in [-0.2, -0.15) is 5.26 Å². The molecule has 0 spiro atoms. The summed E-state index contributed by atoms with van der Waals surface area (Å²) in [5.74, 6) is 0.881. The second-order valence-electron chi connectivity index (χ2n) is 5.04. The van der Waals surface area contributed by atoms with Crippen LogP contribution >= 0.6 is 0 Å². The van der Waals surface area contributed by atoms with E-state index >= 15 is 0 Å². The van der Waals surface area contributed by atoms with Gasteiger partial charge in [0.2, 0.25) is 0 Å². The van der Waals surface area contributed by atoms with Crippen molar-refractivity contribution in [3.05, 3.63) is 65.2 Å². The Kier molecular flexibility index (Phi) is 6.19. The van der Waals surface area contributed by atoms with Crippen molar-refractivity contribution in [2.75, 3.05) is 7.11 Å². The van der Waals surface area contributed by atoms with Crippen LogP contribution in [0.4, 0.5) is 0 Å². The second-order valence-corrected chi connectivity index (χ2v) is 5.04. The molecule has 0 amide bonds. The number of nitrogens with zero attached hydrogens (tertiary/aromatic N) is 2. The van der Waals surface area contributed by atoms with Gasteiger partial charge in [-0.25, -0.2) is 0 Å². The van der Waals surface area contributed by atoms with Gasteiger partial charge in [-0.15, -0.1) is 0 Å². The maximum atomic E-state index is 9.23. The summed E-state index contributed by atoms with van der Waals surface area (Å²) in [6.45, 7) is 2.52. The van der Waals surface area contributed by atoms with Gasteiger partial charge >= 0.3 is 0 Å². The first-order valence-corrected chi connectivity index (χ1v) is 7.60. The van der Waals surface area contributed by atoms with Crippen LogP contribution in [0, 0.1) is 11.3 Å². The molecule has 0 heterocycles. The molecule has 23 heavy (non-hydrogen) atoms. The van der Waals surface area contributed by atoms with Crippen LogP contribution in [-0.4, -0.2) is 12.8 Å². The highest BCUT2D eigenvalue weighted by Crippen LogP contribution is 2.22. The van der Waals surface area contributed by atoms with Gasteiger partial charge in [0.1, 0.15) is 25.5 Å². The van der Waals surface area contributed by atoms with Gasteiger partial charge in [0, 0.05) is 5.56 Å². The molecule has 0 radical (unpaired) electrons. The van der Waals surface area contributed by atoms with E-state index in [4.69, 9.17) is 9.57 Å². The Balaban J connectivity index is 2.22. The standard InChI is InChI=1S/C19H20N2O2/c1-3-8-15-9-5-7-12-19(15)23-14-16-10-4-6-11-17(16)18(13-20)21-22-2/h4-7,9-12H,3,8,14H2,1-2H3. The topological polar surface area (TPSA) is 54.6 Å². The fourth-order valence-corrected chi connectivity index (χ4v) is 2.37. The zero-order chi connectivity index (χ0) is 16.5. The maximum absolute atomic E-state index is 9.23. The predicted octanol–water partition coefficient (Wildman–Crippen LogP) is 4.09. The van der Waals surface area contributed by atoms with Gasteiger partial charge in [0.05, 0.1) is 0 Å². The zero-order valence-corrected chi connectivity index (χ0v) is 13.5. The number of aryl methyl sites for hydroxylation is 1. The third-order valence-corrected chi connectivity index (χ3v) is 3.44. The predicted molar refractivity (Wildman–Crippen MR) is 90.4 cm³/mol. The summed E-state index contributed by atoms with van der Waals surface area (Å²) in [5.41, 5.74) is 3.06. The minimum absolute atomic E-state index is 0.244. The summed E-state index contributed by atoms with van der Waals surface area (Å²) in [6, 6.07) is 17.7. The molecule has 4 heteroatoms. The third kappa shape index (κ3) is 4.33. The Morgan fingerprint density at radius 2 is 1.78 bits per heavy atom. The highest BCUT2D eigenvalue weighted by atomic mass is 16.6. The molecule has 0 unspecified atom stereocenters. The molecule has 0 aliphatic rings. The van der Waals surface area contributed by atoms with Crippen molar-refractivity contribution in [3.8, 4) is 11.8 Å². The van der Waals surface area contributed by atoms with Crippen molar-refractivity contribution in [1.82, 2.24) is 0 Å². The van der Waals surface area contributed by atoms with Gasteiger partial charge in [0.25, 0.3) is 0 Å². The van der Waals surface area contributed by atoms with Crippen molar-refractivity contribution >= 4 is 5.71 Å². The molecular weight excluding hydrogens is 288 g/mol. The van der Waals surface area contributed by atoms with Crippen LogP contribution < -0.4 is 4.74 Å². The highest BCUT2D eigenvalue weighted by molar-refractivity contribution is 6.12. The van der Waals surface area contributed by atoms with Crippen LogP contribution in [0.1, 0.15) is 30.0 Å². The van der Waals surface area contributed by atoms with Crippen LogP contribution in [0.5, 0.6) is 5.75 Å². The summed E-state index contributed by atoms with van der Waals surface area (Å²) in [7, 11) is 1.43. The Labute approximate surface area is 137 Å². The zero-order valence-electron chi connectivity index (χ0n) is 13.5. The molecule has 2 aromatic rings. The van der Waals surface area contributed by atoms with Crippen molar-refractivity contribution in [2.45, 2.75) is 26.4 Å². The fourth-order valence-electron chi connectivity index (χ4n) is 2.37. The lowest BCUT2D eigenvalue weighted by Crippen LogP contribution is -2.07. The van der Waals surface area contributed by atoms with E-state index in [9.17, 15) is 5.26 Å². The summed E-state index contributed by atoms with van der Waals surface area (Å²) >= 11 is 0. The molecule has 0 fully saturated rings. The van der Waals surface area contributed by atoms with E-state index in [1.165, 1.54) is 12.7 Å². The van der Waals surface area contributed by atoms with Crippen molar-refractivity contribution in [2.24, 2.45) is 5.16 Å². The molecule has 0 bridgehead atoms. The van der Waals surface area contributed by atoms with Crippen LogP contribution in [0.3, 0.4) is 0 Å². The second kappa shape index (κ2) is 8.60. The minimum Gasteiger partial charge on any atom is -0.489 e. The number of nitriles is 1. The molecular formula is C19H20N2O2. The Morgan fingerprint density at radius 1 is 1.09 bits per heavy atom. The van der Waals surface area contributed by atoms with Gasteiger partial charge in [0.15, 0.2) is 5.71 Å². The molecule has 0 N–H and O–H groups in total. The molecule has 2 rings (SSSR count). The first-order valence-electron chi connectivity index (χ1n) is 7.60.